The fraction of sp³-hybridized carbons (Fsp3) is 0.810. The van der Waals surface area contributed by atoms with Crippen LogP contribution in [0, 0.1) is 11.3 Å². The average Bonchev–Trinajstić information content (AvgIpc) is 2.56. The van der Waals surface area contributed by atoms with Gasteiger partial charge >= 0.3 is 0 Å². The Bertz CT molecular complexity index is 563. The summed E-state index contributed by atoms with van der Waals surface area (Å²) in [7, 11) is 1.83. The molecule has 1 aromatic heterocycles. The van der Waals surface area contributed by atoms with Crippen molar-refractivity contribution in [2.75, 3.05) is 26.8 Å². The molecule has 4 heteroatoms. The highest BCUT2D eigenvalue weighted by Gasteiger charge is 2.54. The Balaban J connectivity index is 1.23. The van der Waals surface area contributed by atoms with Gasteiger partial charge in [-0.25, -0.2) is 9.97 Å². The number of ether oxygens (including phenoxy) is 1. The second-order valence-electron chi connectivity index (χ2n) is 9.13. The molecule has 0 radical (unpaired) electrons. The van der Waals surface area contributed by atoms with E-state index >= 15 is 0 Å². The Morgan fingerprint density at radius 3 is 2.32 bits per heavy atom. The third-order valence-corrected chi connectivity index (χ3v) is 6.91. The van der Waals surface area contributed by atoms with Crippen molar-refractivity contribution in [2.24, 2.45) is 11.3 Å². The van der Waals surface area contributed by atoms with Crippen LogP contribution in [0.5, 0.6) is 0 Å². The predicted molar refractivity (Wildman–Crippen MR) is 99.7 cm³/mol. The molecule has 138 valence electrons. The Morgan fingerprint density at radius 1 is 1.12 bits per heavy atom. The van der Waals surface area contributed by atoms with Crippen LogP contribution in [0.25, 0.3) is 0 Å². The van der Waals surface area contributed by atoms with Crippen LogP contribution in [0.3, 0.4) is 0 Å². The van der Waals surface area contributed by atoms with Crippen molar-refractivity contribution in [1.82, 2.24) is 14.9 Å². The minimum absolute atomic E-state index is 0.414. The summed E-state index contributed by atoms with van der Waals surface area (Å²) in [6, 6.07) is 0.851. The van der Waals surface area contributed by atoms with E-state index in [0.29, 0.717) is 17.3 Å². The van der Waals surface area contributed by atoms with E-state index in [2.05, 4.69) is 41.1 Å². The molecule has 2 heterocycles. The monoisotopic (exact) mass is 343 g/mol. The zero-order valence-electron chi connectivity index (χ0n) is 16.1. The van der Waals surface area contributed by atoms with Crippen molar-refractivity contribution in [3.05, 3.63) is 23.8 Å². The van der Waals surface area contributed by atoms with Gasteiger partial charge in [0.05, 0.1) is 0 Å². The Hall–Kier alpha value is -1.00. The molecule has 0 atom stereocenters. The first-order valence-electron chi connectivity index (χ1n) is 10.1. The van der Waals surface area contributed by atoms with Crippen molar-refractivity contribution in [2.45, 2.75) is 70.3 Å². The molecule has 0 N–H and O–H groups in total. The highest BCUT2D eigenvalue weighted by atomic mass is 16.5. The molecule has 4 nitrogen and oxygen atoms in total. The fourth-order valence-electron chi connectivity index (χ4n) is 5.50. The first-order valence-corrected chi connectivity index (χ1v) is 10.1. The van der Waals surface area contributed by atoms with Gasteiger partial charge in [-0.15, -0.1) is 0 Å². The molecule has 0 aromatic carbocycles. The van der Waals surface area contributed by atoms with Crippen LogP contribution >= 0.6 is 0 Å². The first kappa shape index (κ1) is 17.4. The van der Waals surface area contributed by atoms with Gasteiger partial charge in [-0.2, -0.15) is 0 Å². The van der Waals surface area contributed by atoms with Gasteiger partial charge in [-0.1, -0.05) is 13.8 Å². The summed E-state index contributed by atoms with van der Waals surface area (Å²) in [4.78, 5) is 11.9. The third kappa shape index (κ3) is 3.48. The van der Waals surface area contributed by atoms with Crippen molar-refractivity contribution in [3.8, 4) is 0 Å². The molecule has 0 bridgehead atoms. The third-order valence-electron chi connectivity index (χ3n) is 6.91. The fourth-order valence-corrected chi connectivity index (χ4v) is 5.50. The summed E-state index contributed by atoms with van der Waals surface area (Å²) in [6.45, 7) is 7.77. The standard InChI is InChI=1S/C21H33N3O/c1-15(2)20-22-12-18(13-23-20)17-4-6-24(7-5-17)19-10-21(11-19)8-16(9-21)14-25-3/h12-13,15-17,19H,4-11,14H2,1-3H3. The van der Waals surface area contributed by atoms with Crippen molar-refractivity contribution < 1.29 is 4.74 Å². The van der Waals surface area contributed by atoms with E-state index in [-0.39, 0.29) is 0 Å². The van der Waals surface area contributed by atoms with Gasteiger partial charge in [-0.3, -0.25) is 0 Å². The molecule has 1 aromatic rings. The zero-order chi connectivity index (χ0) is 17.4. The van der Waals surface area contributed by atoms with Gasteiger partial charge in [0, 0.05) is 38.1 Å². The van der Waals surface area contributed by atoms with E-state index in [1.807, 2.05) is 7.11 Å². The summed E-state index contributed by atoms with van der Waals surface area (Å²) >= 11 is 0. The number of piperidine rings is 1. The van der Waals surface area contributed by atoms with Crippen LogP contribution in [0.4, 0.5) is 0 Å². The second-order valence-corrected chi connectivity index (χ2v) is 9.13. The lowest BCUT2D eigenvalue weighted by Gasteiger charge is -2.60. The summed E-state index contributed by atoms with van der Waals surface area (Å²) in [5.41, 5.74) is 2.04. The lowest BCUT2D eigenvalue weighted by Crippen LogP contribution is -2.58. The Kier molecular flexibility index (Phi) is 4.85. The van der Waals surface area contributed by atoms with Gasteiger partial charge in [-0.05, 0) is 74.4 Å². The smallest absolute Gasteiger partial charge is 0.130 e. The molecule has 1 aliphatic heterocycles. The summed E-state index contributed by atoms with van der Waals surface area (Å²) < 4.78 is 5.30. The van der Waals surface area contributed by atoms with E-state index < -0.39 is 0 Å². The van der Waals surface area contributed by atoms with Crippen molar-refractivity contribution >= 4 is 0 Å². The van der Waals surface area contributed by atoms with Crippen LogP contribution in [-0.2, 0) is 4.74 Å². The van der Waals surface area contributed by atoms with Gasteiger partial charge < -0.3 is 9.64 Å². The minimum Gasteiger partial charge on any atom is -0.384 e. The molecular formula is C21H33N3O. The molecule has 0 unspecified atom stereocenters. The van der Waals surface area contributed by atoms with E-state index in [1.54, 1.807) is 0 Å². The number of aromatic nitrogens is 2. The van der Waals surface area contributed by atoms with E-state index in [0.717, 1.165) is 24.4 Å². The van der Waals surface area contributed by atoms with E-state index in [4.69, 9.17) is 4.74 Å². The molecule has 3 fully saturated rings. The van der Waals surface area contributed by atoms with Gasteiger partial charge in [0.15, 0.2) is 0 Å². The predicted octanol–water partition coefficient (Wildman–Crippen LogP) is 3.98. The number of likely N-dealkylation sites (tertiary alicyclic amines) is 1. The zero-order valence-corrected chi connectivity index (χ0v) is 16.1. The second kappa shape index (κ2) is 6.96. The quantitative estimate of drug-likeness (QED) is 0.810. The number of hydrogen-bond acceptors (Lipinski definition) is 4. The van der Waals surface area contributed by atoms with Gasteiger partial charge in [0.1, 0.15) is 5.82 Å². The average molecular weight is 344 g/mol. The van der Waals surface area contributed by atoms with Crippen LogP contribution in [0.2, 0.25) is 0 Å². The summed E-state index contributed by atoms with van der Waals surface area (Å²) in [5.74, 6) is 2.87. The molecular weight excluding hydrogens is 310 g/mol. The maximum Gasteiger partial charge on any atom is 0.130 e. The Labute approximate surface area is 152 Å². The Morgan fingerprint density at radius 2 is 1.76 bits per heavy atom. The number of methoxy groups -OCH3 is 1. The topological polar surface area (TPSA) is 38.2 Å². The number of nitrogens with zero attached hydrogens (tertiary/aromatic N) is 3. The summed E-state index contributed by atoms with van der Waals surface area (Å²) in [5, 5.41) is 0. The van der Waals surface area contributed by atoms with Crippen LogP contribution in [-0.4, -0.2) is 47.7 Å². The lowest BCUT2D eigenvalue weighted by molar-refractivity contribution is -0.107. The van der Waals surface area contributed by atoms with Gasteiger partial charge in [0.25, 0.3) is 0 Å². The summed E-state index contributed by atoms with van der Waals surface area (Å²) in [6.07, 6.45) is 12.4. The van der Waals surface area contributed by atoms with E-state index in [9.17, 15) is 0 Å². The van der Waals surface area contributed by atoms with E-state index in [1.165, 1.54) is 57.2 Å². The van der Waals surface area contributed by atoms with Crippen LogP contribution in [0.1, 0.15) is 75.6 Å². The number of hydrogen-bond donors (Lipinski definition) is 0. The molecule has 1 saturated heterocycles. The minimum atomic E-state index is 0.414. The normalized spacial score (nSPS) is 33.4. The highest BCUT2D eigenvalue weighted by Crippen LogP contribution is 2.60. The lowest BCUT2D eigenvalue weighted by atomic mass is 9.50. The molecule has 1 spiro atoms. The maximum atomic E-state index is 5.30. The van der Waals surface area contributed by atoms with Crippen molar-refractivity contribution in [3.63, 3.8) is 0 Å². The molecule has 0 amide bonds. The molecule has 2 aliphatic carbocycles. The van der Waals surface area contributed by atoms with Gasteiger partial charge in [0.2, 0.25) is 0 Å². The van der Waals surface area contributed by atoms with Crippen molar-refractivity contribution in [1.29, 1.82) is 0 Å². The largest absolute Gasteiger partial charge is 0.384 e. The number of rotatable bonds is 5. The first-order chi connectivity index (χ1) is 12.1. The molecule has 25 heavy (non-hydrogen) atoms. The highest BCUT2D eigenvalue weighted by molar-refractivity contribution is 5.14. The molecule has 2 saturated carbocycles. The van der Waals surface area contributed by atoms with Crippen LogP contribution in [0.15, 0.2) is 12.4 Å². The molecule has 4 rings (SSSR count). The maximum absolute atomic E-state index is 5.30. The molecule has 3 aliphatic rings. The SMILES string of the molecule is COCC1CC2(C1)CC(N1CCC(c3cnc(C(C)C)nc3)CC1)C2. The van der Waals surface area contributed by atoms with Crippen LogP contribution < -0.4 is 0 Å².